The molecule has 0 radical (unpaired) electrons. The van der Waals surface area contributed by atoms with E-state index in [-0.39, 0.29) is 23.5 Å². The van der Waals surface area contributed by atoms with Crippen LogP contribution in [0.4, 0.5) is 23.7 Å². The predicted molar refractivity (Wildman–Crippen MR) is 120 cm³/mol. The van der Waals surface area contributed by atoms with Crippen LogP contribution in [0, 0.1) is 0 Å². The molecule has 1 amide bonds. The number of halogens is 3. The number of phenols is 1. The summed E-state index contributed by atoms with van der Waals surface area (Å²) < 4.78 is 46.0. The van der Waals surface area contributed by atoms with Gasteiger partial charge in [0.15, 0.2) is 5.82 Å². The van der Waals surface area contributed by atoms with Crippen LogP contribution in [-0.2, 0) is 10.9 Å². The van der Waals surface area contributed by atoms with E-state index in [0.717, 1.165) is 24.6 Å². The number of nitrogens with one attached hydrogen (secondary N) is 1. The summed E-state index contributed by atoms with van der Waals surface area (Å²) in [4.78, 5) is 14.1. The minimum atomic E-state index is -4.56. The number of nitrogens with zero attached hydrogens (tertiary/aromatic N) is 4. The lowest BCUT2D eigenvalue weighted by molar-refractivity contribution is -0.137. The molecule has 11 heteroatoms. The normalized spacial score (nSPS) is 17.1. The molecule has 2 aromatic heterocycles. The number of carbonyl (C=O) groups excluding carboxylic acids is 1. The molecular weight excluding hydrogens is 451 g/mol. The zero-order valence-electron chi connectivity index (χ0n) is 19.1. The fraction of sp³-hybridized carbons (Fsp3) is 0.435. The third-order valence-corrected chi connectivity index (χ3v) is 5.43. The number of rotatable bonds is 3. The fourth-order valence-corrected chi connectivity index (χ4v) is 3.94. The number of aromatic hydroxyl groups is 1. The Kier molecular flexibility index (Phi) is 6.05. The highest BCUT2D eigenvalue weighted by molar-refractivity contribution is 5.71. The summed E-state index contributed by atoms with van der Waals surface area (Å²) in [6.07, 6.45) is 0.0134. The van der Waals surface area contributed by atoms with E-state index in [1.807, 2.05) is 26.8 Å². The first kappa shape index (κ1) is 23.7. The number of hydrogen-bond acceptors (Lipinski definition) is 6. The van der Waals surface area contributed by atoms with Gasteiger partial charge >= 0.3 is 12.3 Å². The lowest BCUT2D eigenvalue weighted by atomic mass is 10.1. The third kappa shape index (κ3) is 5.18. The lowest BCUT2D eigenvalue weighted by Crippen LogP contribution is -2.46. The number of alkyl halides is 3. The van der Waals surface area contributed by atoms with Crippen LogP contribution >= 0.6 is 0 Å². The van der Waals surface area contributed by atoms with Crippen LogP contribution in [0.1, 0.15) is 39.2 Å². The Morgan fingerprint density at radius 1 is 1.24 bits per heavy atom. The van der Waals surface area contributed by atoms with Gasteiger partial charge in [0.25, 0.3) is 0 Å². The van der Waals surface area contributed by atoms with Crippen molar-refractivity contribution < 1.29 is 27.8 Å². The summed E-state index contributed by atoms with van der Waals surface area (Å²) in [7, 11) is 0. The fourth-order valence-electron chi connectivity index (χ4n) is 3.94. The minimum Gasteiger partial charge on any atom is -0.507 e. The van der Waals surface area contributed by atoms with Gasteiger partial charge in [-0.1, -0.05) is 0 Å². The van der Waals surface area contributed by atoms with E-state index in [1.165, 1.54) is 12.3 Å². The predicted octanol–water partition coefficient (Wildman–Crippen LogP) is 4.93. The van der Waals surface area contributed by atoms with E-state index < -0.39 is 23.1 Å². The molecule has 3 aromatic rings. The van der Waals surface area contributed by atoms with Gasteiger partial charge in [0, 0.05) is 25.3 Å². The van der Waals surface area contributed by atoms with Crippen LogP contribution in [0.5, 0.6) is 5.75 Å². The summed E-state index contributed by atoms with van der Waals surface area (Å²) >= 11 is 0. The van der Waals surface area contributed by atoms with Crippen LogP contribution in [-0.4, -0.2) is 55.4 Å². The Morgan fingerprint density at radius 2 is 2.00 bits per heavy atom. The minimum absolute atomic E-state index is 0.0116. The molecule has 0 bridgehead atoms. The molecule has 1 aliphatic rings. The summed E-state index contributed by atoms with van der Waals surface area (Å²) in [5.74, 6) is -0.337. The number of phenolic OH excluding ortho intramolecular Hbond substituents is 1. The smallest absolute Gasteiger partial charge is 0.416 e. The molecular formula is C23H26F3N5O3. The van der Waals surface area contributed by atoms with Crippen molar-refractivity contribution in [3.63, 3.8) is 0 Å². The molecule has 0 saturated carbocycles. The number of fused-ring (bicyclic) bond motifs is 1. The van der Waals surface area contributed by atoms with E-state index in [1.54, 1.807) is 15.5 Å². The van der Waals surface area contributed by atoms with Gasteiger partial charge in [0.1, 0.15) is 11.4 Å². The summed E-state index contributed by atoms with van der Waals surface area (Å²) in [5.41, 5.74) is -0.0136. The van der Waals surface area contributed by atoms with Crippen molar-refractivity contribution in [3.05, 3.63) is 42.2 Å². The van der Waals surface area contributed by atoms with Gasteiger partial charge in [-0.05, 0) is 57.9 Å². The average molecular weight is 477 g/mol. The molecule has 34 heavy (non-hydrogen) atoms. The van der Waals surface area contributed by atoms with Crippen molar-refractivity contribution in [2.24, 2.45) is 0 Å². The SMILES string of the molecule is CC(C)(C)OC(=O)N1CCC[C@@H](Nc2cc3cnnc(-c4ccc(C(F)(F)F)cc4O)n3c2)C1. The Balaban J connectivity index is 1.55. The standard InChI is InChI=1S/C23H26F3N5O3/c1-22(2,3)34-21(33)30-8-4-5-15(12-30)28-16-10-17-11-27-29-20(31(17)13-16)18-7-6-14(9-19(18)32)23(24,25)26/h6-7,9-11,13,15,28,32H,4-5,8,12H2,1-3H3/t15-/m1/s1. The molecule has 1 saturated heterocycles. The topological polar surface area (TPSA) is 92.0 Å². The largest absolute Gasteiger partial charge is 0.507 e. The van der Waals surface area contributed by atoms with E-state index in [2.05, 4.69) is 15.5 Å². The molecule has 4 rings (SSSR count). The molecule has 8 nitrogen and oxygen atoms in total. The van der Waals surface area contributed by atoms with Crippen molar-refractivity contribution in [3.8, 4) is 17.1 Å². The molecule has 1 fully saturated rings. The number of hydrogen-bond donors (Lipinski definition) is 2. The van der Waals surface area contributed by atoms with Crippen LogP contribution < -0.4 is 5.32 Å². The molecule has 1 aliphatic heterocycles. The molecule has 0 aliphatic carbocycles. The summed E-state index contributed by atoms with van der Waals surface area (Å²) in [6, 6.07) is 4.56. The number of benzene rings is 1. The molecule has 1 atom stereocenters. The number of piperidine rings is 1. The second-order valence-corrected chi connectivity index (χ2v) is 9.33. The Hall–Kier alpha value is -3.50. The van der Waals surface area contributed by atoms with Crippen molar-refractivity contribution in [2.75, 3.05) is 18.4 Å². The van der Waals surface area contributed by atoms with Crippen LogP contribution in [0.2, 0.25) is 0 Å². The van der Waals surface area contributed by atoms with E-state index in [9.17, 15) is 23.1 Å². The first-order chi connectivity index (χ1) is 15.9. The van der Waals surface area contributed by atoms with Gasteiger partial charge in [0.05, 0.1) is 28.5 Å². The van der Waals surface area contributed by atoms with Crippen LogP contribution in [0.25, 0.3) is 16.9 Å². The molecule has 2 N–H and O–H groups in total. The summed E-state index contributed by atoms with van der Waals surface area (Å²) in [5, 5.41) is 21.6. The lowest BCUT2D eigenvalue weighted by Gasteiger charge is -2.34. The Morgan fingerprint density at radius 3 is 2.68 bits per heavy atom. The van der Waals surface area contributed by atoms with Crippen LogP contribution in [0.3, 0.4) is 0 Å². The highest BCUT2D eigenvalue weighted by Crippen LogP contribution is 2.36. The third-order valence-electron chi connectivity index (χ3n) is 5.43. The van der Waals surface area contributed by atoms with Gasteiger partial charge in [-0.2, -0.15) is 18.3 Å². The van der Waals surface area contributed by atoms with Crippen LogP contribution in [0.15, 0.2) is 36.7 Å². The number of carbonyl (C=O) groups is 1. The maximum atomic E-state index is 13.0. The van der Waals surface area contributed by atoms with Crippen molar-refractivity contribution >= 4 is 17.3 Å². The van der Waals surface area contributed by atoms with Gasteiger partial charge in [-0.25, -0.2) is 4.79 Å². The zero-order chi connectivity index (χ0) is 24.7. The highest BCUT2D eigenvalue weighted by Gasteiger charge is 2.32. The number of anilines is 1. The van der Waals surface area contributed by atoms with E-state index in [4.69, 9.17) is 4.74 Å². The first-order valence-electron chi connectivity index (χ1n) is 10.9. The quantitative estimate of drug-likeness (QED) is 0.556. The van der Waals surface area contributed by atoms with Crippen molar-refractivity contribution in [2.45, 2.75) is 51.4 Å². The van der Waals surface area contributed by atoms with Gasteiger partial charge in [-0.15, -0.1) is 5.10 Å². The number of aromatic nitrogens is 3. The van der Waals surface area contributed by atoms with Gasteiger partial charge < -0.3 is 20.1 Å². The van der Waals surface area contributed by atoms with Gasteiger partial charge in [0.2, 0.25) is 0 Å². The van der Waals surface area contributed by atoms with Crippen molar-refractivity contribution in [1.29, 1.82) is 0 Å². The molecule has 3 heterocycles. The Labute approximate surface area is 194 Å². The van der Waals surface area contributed by atoms with Crippen molar-refractivity contribution in [1.82, 2.24) is 19.5 Å². The molecule has 0 spiro atoms. The maximum Gasteiger partial charge on any atom is 0.416 e. The van der Waals surface area contributed by atoms with E-state index >= 15 is 0 Å². The van der Waals surface area contributed by atoms with Gasteiger partial charge in [-0.3, -0.25) is 4.40 Å². The second-order valence-electron chi connectivity index (χ2n) is 9.33. The first-order valence-corrected chi connectivity index (χ1v) is 10.9. The van der Waals surface area contributed by atoms with E-state index in [0.29, 0.717) is 24.7 Å². The number of amides is 1. The molecule has 0 unspecified atom stereocenters. The highest BCUT2D eigenvalue weighted by atomic mass is 19.4. The number of likely N-dealkylation sites (tertiary alicyclic amines) is 1. The Bertz CT molecular complexity index is 1200. The average Bonchev–Trinajstić information content (AvgIpc) is 3.14. The number of ether oxygens (including phenoxy) is 1. The monoisotopic (exact) mass is 477 g/mol. The zero-order valence-corrected chi connectivity index (χ0v) is 19.1. The second kappa shape index (κ2) is 8.69. The molecule has 1 aromatic carbocycles. The summed E-state index contributed by atoms with van der Waals surface area (Å²) in [6.45, 7) is 6.57. The molecule has 182 valence electrons. The maximum absolute atomic E-state index is 13.0.